The van der Waals surface area contributed by atoms with Crippen LogP contribution in [-0.4, -0.2) is 21.6 Å². The van der Waals surface area contributed by atoms with Gasteiger partial charge in [0.25, 0.3) is 0 Å². The Balaban J connectivity index is 2.26. The molecular weight excluding hydrogens is 369 g/mol. The molecule has 1 saturated heterocycles. The van der Waals surface area contributed by atoms with Crippen LogP contribution in [0.5, 0.6) is 0 Å². The van der Waals surface area contributed by atoms with Crippen molar-refractivity contribution >= 4 is 39.5 Å². The van der Waals surface area contributed by atoms with Crippen LogP contribution in [0.1, 0.15) is 25.3 Å². The van der Waals surface area contributed by atoms with Gasteiger partial charge in [-0.25, -0.2) is 4.79 Å². The first-order valence-corrected chi connectivity index (χ1v) is 7.82. The molecule has 2 aromatic rings. The Morgan fingerprint density at radius 2 is 2.10 bits per heavy atom. The van der Waals surface area contributed by atoms with Gasteiger partial charge in [0.15, 0.2) is 0 Å². The number of aromatic nitrogens is 2. The van der Waals surface area contributed by atoms with Crippen LogP contribution in [0, 0.1) is 3.57 Å². The number of fused-ring (bicyclic) bond motifs is 1. The van der Waals surface area contributed by atoms with E-state index >= 15 is 0 Å². The number of halogens is 1. The summed E-state index contributed by atoms with van der Waals surface area (Å²) in [5.74, 6) is -0.0454. The van der Waals surface area contributed by atoms with Crippen molar-refractivity contribution in [2.45, 2.75) is 25.3 Å². The van der Waals surface area contributed by atoms with Gasteiger partial charge in [-0.1, -0.05) is 6.07 Å². The Bertz CT molecular complexity index is 732. The molecule has 1 unspecified atom stereocenters. The Hall–Kier alpha value is -1.31. The maximum Gasteiger partial charge on any atom is 0.329 e. The molecule has 2 heterocycles. The van der Waals surface area contributed by atoms with Crippen LogP contribution in [0.4, 0.5) is 0 Å². The number of rotatable bonds is 1. The van der Waals surface area contributed by atoms with Gasteiger partial charge in [-0.3, -0.25) is 13.9 Å². The van der Waals surface area contributed by atoms with Crippen LogP contribution in [0.3, 0.4) is 0 Å². The minimum absolute atomic E-state index is 0.0454. The fourth-order valence-corrected chi connectivity index (χ4v) is 3.71. The van der Waals surface area contributed by atoms with Crippen molar-refractivity contribution in [3.05, 3.63) is 32.3 Å². The van der Waals surface area contributed by atoms with Crippen LogP contribution in [0.2, 0.25) is 0 Å². The molecule has 0 spiro atoms. The summed E-state index contributed by atoms with van der Waals surface area (Å²) >= 11 is 2.22. The van der Waals surface area contributed by atoms with Gasteiger partial charge in [0.1, 0.15) is 6.04 Å². The summed E-state index contributed by atoms with van der Waals surface area (Å²) in [5.41, 5.74) is 1.62. The van der Waals surface area contributed by atoms with E-state index in [1.807, 2.05) is 18.2 Å². The molecule has 0 bridgehead atoms. The average Bonchev–Trinajstić information content (AvgIpc) is 2.58. The molecule has 5 nitrogen and oxygen atoms in total. The van der Waals surface area contributed by atoms with Crippen molar-refractivity contribution in [1.82, 2.24) is 14.5 Å². The number of hydrogen-bond acceptors (Lipinski definition) is 2. The quantitative estimate of drug-likeness (QED) is 0.762. The Labute approximate surface area is 130 Å². The van der Waals surface area contributed by atoms with Crippen molar-refractivity contribution < 1.29 is 4.79 Å². The molecule has 1 fully saturated rings. The summed E-state index contributed by atoms with van der Waals surface area (Å²) in [6.45, 7) is 0.701. The van der Waals surface area contributed by atoms with Crippen LogP contribution < -0.4 is 11.0 Å². The van der Waals surface area contributed by atoms with E-state index in [1.54, 1.807) is 16.2 Å². The Morgan fingerprint density at radius 3 is 2.90 bits per heavy atom. The van der Waals surface area contributed by atoms with Crippen molar-refractivity contribution in [3.8, 4) is 0 Å². The number of aryl methyl sites for hydroxylation is 1. The molecule has 1 amide bonds. The van der Waals surface area contributed by atoms with E-state index in [4.69, 9.17) is 0 Å². The van der Waals surface area contributed by atoms with Crippen LogP contribution in [0.25, 0.3) is 11.0 Å². The number of imidazole rings is 1. The lowest BCUT2D eigenvalue weighted by Gasteiger charge is -2.14. The smallest absolute Gasteiger partial charge is 0.329 e. The van der Waals surface area contributed by atoms with E-state index in [1.165, 1.54) is 0 Å². The first-order chi connectivity index (χ1) is 9.61. The molecule has 0 radical (unpaired) electrons. The lowest BCUT2D eigenvalue weighted by molar-refractivity contribution is -0.124. The molecule has 1 N–H and O–H groups in total. The van der Waals surface area contributed by atoms with Crippen LogP contribution >= 0.6 is 22.6 Å². The number of benzene rings is 1. The minimum atomic E-state index is -0.396. The zero-order valence-corrected chi connectivity index (χ0v) is 13.4. The predicted octanol–water partition coefficient (Wildman–Crippen LogP) is 1.79. The Morgan fingerprint density at radius 1 is 1.30 bits per heavy atom. The van der Waals surface area contributed by atoms with E-state index in [0.717, 1.165) is 33.9 Å². The van der Waals surface area contributed by atoms with E-state index in [-0.39, 0.29) is 11.6 Å². The first kappa shape index (κ1) is 13.7. The summed E-state index contributed by atoms with van der Waals surface area (Å²) in [4.78, 5) is 24.8. The maximum atomic E-state index is 12.5. The fourth-order valence-electron chi connectivity index (χ4n) is 2.86. The highest BCUT2D eigenvalue weighted by molar-refractivity contribution is 14.1. The highest BCUT2D eigenvalue weighted by atomic mass is 127. The van der Waals surface area contributed by atoms with Gasteiger partial charge in [0.05, 0.1) is 11.0 Å². The summed E-state index contributed by atoms with van der Waals surface area (Å²) < 4.78 is 4.31. The third-order valence-electron chi connectivity index (χ3n) is 3.87. The van der Waals surface area contributed by atoms with Crippen LogP contribution in [0.15, 0.2) is 23.0 Å². The molecule has 106 valence electrons. The van der Waals surface area contributed by atoms with E-state index in [0.29, 0.717) is 6.54 Å². The normalized spacial score (nSPS) is 19.9. The third kappa shape index (κ3) is 2.06. The van der Waals surface area contributed by atoms with Gasteiger partial charge in [-0.2, -0.15) is 0 Å². The zero-order valence-electron chi connectivity index (χ0n) is 11.2. The number of hydrogen-bond donors (Lipinski definition) is 1. The lowest BCUT2D eigenvalue weighted by atomic mass is 10.1. The van der Waals surface area contributed by atoms with Gasteiger partial charge in [0.2, 0.25) is 5.91 Å². The molecule has 1 aliphatic rings. The number of nitrogens with one attached hydrogen (secondary N) is 1. The second-order valence-electron chi connectivity index (χ2n) is 5.12. The molecule has 20 heavy (non-hydrogen) atoms. The molecule has 0 saturated carbocycles. The number of para-hydroxylation sites is 1. The molecular formula is C14H16IN3O2. The molecule has 0 aliphatic carbocycles. The first-order valence-electron chi connectivity index (χ1n) is 6.74. The maximum absolute atomic E-state index is 12.5. The third-order valence-corrected chi connectivity index (χ3v) is 4.74. The molecule has 1 atom stereocenters. The number of nitrogens with zero attached hydrogens (tertiary/aromatic N) is 2. The second kappa shape index (κ2) is 5.23. The van der Waals surface area contributed by atoms with E-state index < -0.39 is 6.04 Å². The van der Waals surface area contributed by atoms with Gasteiger partial charge >= 0.3 is 5.69 Å². The molecule has 3 rings (SSSR count). The molecule has 6 heteroatoms. The average molecular weight is 385 g/mol. The SMILES string of the molecule is Cn1c(=O)n(C2CCCCNC2=O)c2cccc(I)c21. The van der Waals surface area contributed by atoms with Crippen molar-refractivity contribution in [1.29, 1.82) is 0 Å². The summed E-state index contributed by atoms with van der Waals surface area (Å²) in [7, 11) is 1.76. The molecule has 1 aliphatic heterocycles. The van der Waals surface area contributed by atoms with Gasteiger partial charge < -0.3 is 5.32 Å². The lowest BCUT2D eigenvalue weighted by Crippen LogP contribution is -2.36. The largest absolute Gasteiger partial charge is 0.354 e. The summed E-state index contributed by atoms with van der Waals surface area (Å²) in [5, 5.41) is 2.90. The van der Waals surface area contributed by atoms with E-state index in [2.05, 4.69) is 27.9 Å². The zero-order chi connectivity index (χ0) is 14.3. The predicted molar refractivity (Wildman–Crippen MR) is 85.8 cm³/mol. The van der Waals surface area contributed by atoms with Crippen molar-refractivity contribution in [2.24, 2.45) is 7.05 Å². The van der Waals surface area contributed by atoms with Crippen LogP contribution in [-0.2, 0) is 11.8 Å². The summed E-state index contributed by atoms with van der Waals surface area (Å²) in [6.07, 6.45) is 2.64. The molecule has 1 aromatic heterocycles. The monoisotopic (exact) mass is 385 g/mol. The number of carbonyl (C=O) groups excluding carboxylic acids is 1. The van der Waals surface area contributed by atoms with E-state index in [9.17, 15) is 9.59 Å². The fraction of sp³-hybridized carbons (Fsp3) is 0.429. The second-order valence-corrected chi connectivity index (χ2v) is 6.28. The molecule has 1 aromatic carbocycles. The van der Waals surface area contributed by atoms with Gasteiger partial charge in [-0.05, 0) is 54.0 Å². The minimum Gasteiger partial charge on any atom is -0.354 e. The summed E-state index contributed by atoms with van der Waals surface area (Å²) in [6, 6.07) is 5.41. The van der Waals surface area contributed by atoms with Gasteiger partial charge in [-0.15, -0.1) is 0 Å². The number of amides is 1. The highest BCUT2D eigenvalue weighted by Gasteiger charge is 2.27. The van der Waals surface area contributed by atoms with Crippen molar-refractivity contribution in [2.75, 3.05) is 6.54 Å². The standard InChI is InChI=1S/C14H16IN3O2/c1-17-12-9(15)5-4-7-10(12)18(14(17)20)11-6-2-3-8-16-13(11)19/h4-5,7,11H,2-3,6,8H2,1H3,(H,16,19). The van der Waals surface area contributed by atoms with Gasteiger partial charge in [0, 0.05) is 17.2 Å². The number of carbonyl (C=O) groups is 1. The highest BCUT2D eigenvalue weighted by Crippen LogP contribution is 2.25. The van der Waals surface area contributed by atoms with Crippen molar-refractivity contribution in [3.63, 3.8) is 0 Å². The topological polar surface area (TPSA) is 56.0 Å². The Kier molecular flexibility index (Phi) is 3.57.